The zero-order chi connectivity index (χ0) is 21.7. The molecule has 0 atom stereocenters. The van der Waals surface area contributed by atoms with Gasteiger partial charge >= 0.3 is 6.09 Å². The molecule has 8 nitrogen and oxygen atoms in total. The summed E-state index contributed by atoms with van der Waals surface area (Å²) in [6.45, 7) is 7.39. The molecule has 0 radical (unpaired) electrons. The molecule has 0 saturated heterocycles. The van der Waals surface area contributed by atoms with E-state index < -0.39 is 11.6 Å². The summed E-state index contributed by atoms with van der Waals surface area (Å²) < 4.78 is 8.55. The lowest BCUT2D eigenvalue weighted by molar-refractivity contribution is 0.128. The van der Waals surface area contributed by atoms with Gasteiger partial charge in [-0.25, -0.2) is 9.78 Å². The average Bonchev–Trinajstić information content (AvgIpc) is 3.10. The first-order valence-electron chi connectivity index (χ1n) is 9.31. The molecule has 30 heavy (non-hydrogen) atoms. The lowest BCUT2D eigenvalue weighted by Gasteiger charge is -2.32. The van der Waals surface area contributed by atoms with Gasteiger partial charge in [-0.15, -0.1) is 0 Å². The van der Waals surface area contributed by atoms with E-state index in [-0.39, 0.29) is 6.61 Å². The van der Waals surface area contributed by atoms with Gasteiger partial charge in [0, 0.05) is 11.1 Å². The minimum absolute atomic E-state index is 0.0817. The Balaban J connectivity index is 1.84. The highest BCUT2D eigenvalue weighted by Crippen LogP contribution is 2.22. The van der Waals surface area contributed by atoms with Crippen LogP contribution in [0, 0.1) is 6.92 Å². The summed E-state index contributed by atoms with van der Waals surface area (Å²) in [5.41, 5.74) is 2.81. The summed E-state index contributed by atoms with van der Waals surface area (Å²) in [4.78, 5) is 23.0. The molecule has 3 aromatic rings. The molecule has 0 saturated carbocycles. The fourth-order valence-corrected chi connectivity index (χ4v) is 3.39. The van der Waals surface area contributed by atoms with Gasteiger partial charge in [-0.2, -0.15) is 8.75 Å². The van der Waals surface area contributed by atoms with Crippen molar-refractivity contribution in [2.75, 3.05) is 4.90 Å². The van der Waals surface area contributed by atoms with Crippen molar-refractivity contribution in [1.29, 1.82) is 0 Å². The van der Waals surface area contributed by atoms with Crippen LogP contribution in [0.2, 0.25) is 0 Å². The molecule has 2 heterocycles. The third-order valence-corrected chi connectivity index (χ3v) is 4.80. The predicted octanol–water partition coefficient (Wildman–Crippen LogP) is 4.49. The first kappa shape index (κ1) is 21.4. The quantitative estimate of drug-likeness (QED) is 0.461. The van der Waals surface area contributed by atoms with Crippen LogP contribution in [0.3, 0.4) is 0 Å². The number of hydrogen-bond acceptors (Lipinski definition) is 7. The number of aryl methyl sites for hydroxylation is 1. The Kier molecular flexibility index (Phi) is 6.41. The number of hydrogen-bond donors (Lipinski definition) is 1. The van der Waals surface area contributed by atoms with E-state index in [9.17, 15) is 9.90 Å². The van der Waals surface area contributed by atoms with Crippen LogP contribution in [0.4, 0.5) is 10.6 Å². The van der Waals surface area contributed by atoms with Crippen molar-refractivity contribution in [3.63, 3.8) is 0 Å². The van der Waals surface area contributed by atoms with E-state index in [1.807, 2.05) is 58.0 Å². The number of benzene rings is 1. The summed E-state index contributed by atoms with van der Waals surface area (Å²) in [6, 6.07) is 14.8. The molecule has 1 N–H and O–H groups in total. The second kappa shape index (κ2) is 9.00. The normalized spacial score (nSPS) is 11.9. The van der Waals surface area contributed by atoms with Crippen LogP contribution in [0.1, 0.15) is 43.4 Å². The summed E-state index contributed by atoms with van der Waals surface area (Å²) in [6.07, 6.45) is -1.07. The molecule has 2 aromatic heterocycles. The van der Waals surface area contributed by atoms with Crippen LogP contribution in [-0.4, -0.2) is 36.2 Å². The number of carboxylic acid groups (broad SMARTS) is 1. The SMILES string of the molecule is Cc1nsnc1C(=NOCc1cccc(N(C(=O)O)C(C)(C)C)n1)c1ccccc1. The van der Waals surface area contributed by atoms with Gasteiger partial charge in [0.2, 0.25) is 0 Å². The number of nitrogens with zero attached hydrogens (tertiary/aromatic N) is 5. The van der Waals surface area contributed by atoms with E-state index in [1.54, 1.807) is 18.2 Å². The first-order chi connectivity index (χ1) is 14.3. The number of oxime groups is 1. The van der Waals surface area contributed by atoms with Crippen molar-refractivity contribution >= 4 is 29.4 Å². The Morgan fingerprint density at radius 2 is 1.87 bits per heavy atom. The molecule has 0 spiro atoms. The second-order valence-electron chi connectivity index (χ2n) is 7.55. The molecule has 9 heteroatoms. The average molecular weight is 426 g/mol. The number of anilines is 1. The Morgan fingerprint density at radius 1 is 1.13 bits per heavy atom. The zero-order valence-corrected chi connectivity index (χ0v) is 18.1. The minimum atomic E-state index is -1.07. The van der Waals surface area contributed by atoms with Gasteiger partial charge in [0.15, 0.2) is 6.61 Å². The summed E-state index contributed by atoms with van der Waals surface area (Å²) in [5, 5.41) is 13.9. The maximum Gasteiger partial charge on any atom is 0.413 e. The highest BCUT2D eigenvalue weighted by molar-refractivity contribution is 6.99. The molecule has 0 bridgehead atoms. The van der Waals surface area contributed by atoms with E-state index in [4.69, 9.17) is 4.84 Å². The molecule has 0 aliphatic heterocycles. The smallest absolute Gasteiger partial charge is 0.413 e. The minimum Gasteiger partial charge on any atom is -0.465 e. The number of carbonyl (C=O) groups is 1. The summed E-state index contributed by atoms with van der Waals surface area (Å²) >= 11 is 1.12. The second-order valence-corrected chi connectivity index (χ2v) is 8.08. The Labute approximate surface area is 179 Å². The van der Waals surface area contributed by atoms with Crippen LogP contribution in [0.5, 0.6) is 0 Å². The van der Waals surface area contributed by atoms with Crippen LogP contribution in [0.15, 0.2) is 53.7 Å². The van der Waals surface area contributed by atoms with Crippen molar-refractivity contribution in [2.24, 2.45) is 5.16 Å². The van der Waals surface area contributed by atoms with Gasteiger partial charge in [-0.05, 0) is 39.8 Å². The maximum absolute atomic E-state index is 11.7. The van der Waals surface area contributed by atoms with Crippen molar-refractivity contribution in [3.8, 4) is 0 Å². The largest absolute Gasteiger partial charge is 0.465 e. The van der Waals surface area contributed by atoms with E-state index in [0.29, 0.717) is 22.9 Å². The van der Waals surface area contributed by atoms with Crippen molar-refractivity contribution in [1.82, 2.24) is 13.7 Å². The Morgan fingerprint density at radius 3 is 2.47 bits per heavy atom. The van der Waals surface area contributed by atoms with Crippen LogP contribution in [-0.2, 0) is 11.4 Å². The lowest BCUT2D eigenvalue weighted by atomic mass is 10.1. The van der Waals surface area contributed by atoms with E-state index in [0.717, 1.165) is 23.0 Å². The van der Waals surface area contributed by atoms with Crippen molar-refractivity contribution < 1.29 is 14.7 Å². The molecule has 0 aliphatic rings. The molecule has 0 fully saturated rings. The molecule has 1 amide bonds. The summed E-state index contributed by atoms with van der Waals surface area (Å²) in [7, 11) is 0. The third kappa shape index (κ3) is 4.98. The molecule has 1 aromatic carbocycles. The highest BCUT2D eigenvalue weighted by Gasteiger charge is 2.29. The summed E-state index contributed by atoms with van der Waals surface area (Å²) in [5.74, 6) is 0.336. The molecular weight excluding hydrogens is 402 g/mol. The van der Waals surface area contributed by atoms with Crippen molar-refractivity contribution in [2.45, 2.75) is 39.8 Å². The van der Waals surface area contributed by atoms with Gasteiger partial charge in [0.05, 0.1) is 23.1 Å². The van der Waals surface area contributed by atoms with Crippen molar-refractivity contribution in [3.05, 3.63) is 71.2 Å². The Bertz CT molecular complexity index is 1040. The molecule has 3 rings (SSSR count). The van der Waals surface area contributed by atoms with Gasteiger partial charge in [-0.3, -0.25) is 4.90 Å². The number of amides is 1. The van der Waals surface area contributed by atoms with E-state index >= 15 is 0 Å². The van der Waals surface area contributed by atoms with E-state index in [1.165, 1.54) is 4.90 Å². The first-order valence-corrected chi connectivity index (χ1v) is 10.0. The zero-order valence-electron chi connectivity index (χ0n) is 17.2. The number of rotatable bonds is 6. The third-order valence-electron chi connectivity index (χ3n) is 4.18. The lowest BCUT2D eigenvalue weighted by Crippen LogP contribution is -2.45. The van der Waals surface area contributed by atoms with Crippen LogP contribution >= 0.6 is 11.7 Å². The number of aromatic nitrogens is 3. The predicted molar refractivity (Wildman–Crippen MR) is 116 cm³/mol. The maximum atomic E-state index is 11.7. The van der Waals surface area contributed by atoms with E-state index in [2.05, 4.69) is 18.9 Å². The molecule has 0 unspecified atom stereocenters. The van der Waals surface area contributed by atoms with Gasteiger partial charge < -0.3 is 9.94 Å². The van der Waals surface area contributed by atoms with Gasteiger partial charge in [0.25, 0.3) is 0 Å². The highest BCUT2D eigenvalue weighted by atomic mass is 32.1. The monoisotopic (exact) mass is 425 g/mol. The van der Waals surface area contributed by atoms with Crippen LogP contribution < -0.4 is 4.90 Å². The van der Waals surface area contributed by atoms with Crippen LogP contribution in [0.25, 0.3) is 0 Å². The van der Waals surface area contributed by atoms with Gasteiger partial charge in [0.1, 0.15) is 17.2 Å². The standard InChI is InChI=1S/C21H23N5O3S/c1-14-18(25-30-24-14)19(15-9-6-5-7-10-15)23-29-13-16-11-8-12-17(22-16)26(20(27)28)21(2,3)4/h5-12H,13H2,1-4H3,(H,27,28). The molecule has 156 valence electrons. The molecule has 0 aliphatic carbocycles. The van der Waals surface area contributed by atoms with Gasteiger partial charge in [-0.1, -0.05) is 41.6 Å². The Hall–Kier alpha value is -3.33. The topological polar surface area (TPSA) is 101 Å². The fourth-order valence-electron chi connectivity index (χ4n) is 2.84. The fraction of sp³-hybridized carbons (Fsp3) is 0.286. The number of pyridine rings is 1. The molecular formula is C21H23N5O3S.